The Bertz CT molecular complexity index is 319. The van der Waals surface area contributed by atoms with E-state index in [1.165, 1.54) is 0 Å². The topological polar surface area (TPSA) is 75.2 Å². The van der Waals surface area contributed by atoms with Crippen molar-refractivity contribution in [2.24, 2.45) is 11.0 Å². The molecule has 5 nitrogen and oxygen atoms in total. The first-order valence-corrected chi connectivity index (χ1v) is 5.81. The van der Waals surface area contributed by atoms with Crippen LogP contribution in [0, 0.1) is 18.9 Å². The zero-order chi connectivity index (χ0) is 14.1. The third-order valence-corrected chi connectivity index (χ3v) is 2.40. The van der Waals surface area contributed by atoms with Gasteiger partial charge in [-0.25, -0.2) is 0 Å². The first kappa shape index (κ1) is 20.3. The quantitative estimate of drug-likeness (QED) is 0.423. The summed E-state index contributed by atoms with van der Waals surface area (Å²) >= 11 is 0. The van der Waals surface area contributed by atoms with Gasteiger partial charge in [-0.1, -0.05) is 20.4 Å². The molecule has 0 aliphatic carbocycles. The molecule has 102 valence electrons. The van der Waals surface area contributed by atoms with Crippen molar-refractivity contribution in [3.63, 3.8) is 0 Å². The fourth-order valence-electron chi connectivity index (χ4n) is 1.55. The number of rotatable bonds is 5. The number of carboxylic acid groups (broad SMARTS) is 1. The van der Waals surface area contributed by atoms with E-state index < -0.39 is 5.97 Å². The maximum absolute atomic E-state index is 10.5. The number of hydrogen-bond acceptors (Lipinski definition) is 3. The predicted octanol–water partition coefficient (Wildman–Crippen LogP) is -0.132. The molecule has 0 aromatic carbocycles. The zero-order valence-corrected chi connectivity index (χ0v) is 11.9. The fourth-order valence-corrected chi connectivity index (χ4v) is 1.55. The Hall–Kier alpha value is -1.05. The Morgan fingerprint density at radius 2 is 2.32 bits per heavy atom. The van der Waals surface area contributed by atoms with Crippen LogP contribution in [0.2, 0.25) is 0 Å². The normalized spacial score (nSPS) is 17.0. The van der Waals surface area contributed by atoms with Crippen molar-refractivity contribution in [3.05, 3.63) is 37.0 Å². The Labute approximate surface area is 127 Å². The smallest absolute Gasteiger partial charge is 0.710 e. The van der Waals surface area contributed by atoms with Crippen LogP contribution in [0.4, 0.5) is 0 Å². The average Bonchev–Trinajstić information content (AvgIpc) is 2.77. The summed E-state index contributed by atoms with van der Waals surface area (Å²) in [5, 5.41) is 11.4. The number of likely N-dealkylation sites (tertiary alicyclic amines) is 1. The molecule has 0 aromatic rings. The van der Waals surface area contributed by atoms with Crippen LogP contribution in [0.5, 0.6) is 0 Å². The molecule has 1 aliphatic heterocycles. The van der Waals surface area contributed by atoms with Gasteiger partial charge in [-0.15, -0.1) is 13.0 Å². The number of allylic oxidation sites excluding steroid dienone is 1. The van der Waals surface area contributed by atoms with E-state index in [4.69, 9.17) is 17.2 Å². The van der Waals surface area contributed by atoms with Gasteiger partial charge in [-0.05, 0) is 18.5 Å². The van der Waals surface area contributed by atoms with Crippen molar-refractivity contribution < 1.29 is 28.8 Å². The summed E-state index contributed by atoms with van der Waals surface area (Å²) in [5.41, 5.74) is 8.35. The molecule has 1 heterocycles. The molecule has 19 heavy (non-hydrogen) atoms. The number of carbonyl (C=O) groups is 1. The van der Waals surface area contributed by atoms with Crippen molar-refractivity contribution in [3.8, 4) is 0 Å². The molecule has 0 unspecified atom stereocenters. The number of carboxylic acids is 1. The summed E-state index contributed by atoms with van der Waals surface area (Å²) < 4.78 is 0. The Morgan fingerprint density at radius 3 is 2.58 bits per heavy atom. The summed E-state index contributed by atoms with van der Waals surface area (Å²) in [7, 11) is 0. The molecular formula is C13H20LiN3O2-2. The van der Waals surface area contributed by atoms with Gasteiger partial charge in [0.15, 0.2) is 0 Å². The van der Waals surface area contributed by atoms with Gasteiger partial charge in [0.25, 0.3) is 0 Å². The third kappa shape index (κ3) is 8.63. The molecule has 0 radical (unpaired) electrons. The van der Waals surface area contributed by atoms with Crippen LogP contribution in [0.3, 0.4) is 0 Å². The minimum atomic E-state index is -0.770. The standard InChI is InChI=1S/C7H10NO2.C6H10N2.Li/c1-2-8-5-3-4-6(8)7(9)10;1-5(2)4-6(3)8-7;/h2-3,6H,1,4-5H2,(H,9,10);3,5H,4H2,1-2H3;/q-1;-2;+1/t6-;;/m0../s1. The SMILES string of the molecule is C=CN1C[CH-]C[C@H]1C(=O)O.[CH-]=C(CC(C)C)N=[N-].[Li+]. The van der Waals surface area contributed by atoms with Gasteiger partial charge in [-0.3, -0.25) is 4.79 Å². The molecule has 0 bridgehead atoms. The van der Waals surface area contributed by atoms with E-state index in [1.54, 1.807) is 11.1 Å². The molecule has 6 heteroatoms. The number of aliphatic carboxylic acids is 1. The van der Waals surface area contributed by atoms with Crippen LogP contribution >= 0.6 is 0 Å². The van der Waals surface area contributed by atoms with E-state index in [2.05, 4.69) is 11.7 Å². The molecule has 1 N–H and O–H groups in total. The van der Waals surface area contributed by atoms with Gasteiger partial charge in [-0.2, -0.15) is 5.70 Å². The van der Waals surface area contributed by atoms with Crippen molar-refractivity contribution in [2.75, 3.05) is 6.54 Å². The first-order valence-electron chi connectivity index (χ1n) is 5.81. The van der Waals surface area contributed by atoms with Crippen molar-refractivity contribution in [2.45, 2.75) is 32.7 Å². The maximum atomic E-state index is 10.5. The maximum Gasteiger partial charge on any atom is 1.00 e. The molecule has 1 saturated heterocycles. The Morgan fingerprint density at radius 1 is 1.74 bits per heavy atom. The first-order chi connectivity index (χ1) is 8.42. The second kappa shape index (κ2) is 10.8. The van der Waals surface area contributed by atoms with Gasteiger partial charge >= 0.3 is 24.8 Å². The van der Waals surface area contributed by atoms with Gasteiger partial charge < -0.3 is 33.7 Å². The largest absolute Gasteiger partial charge is 1.00 e. The number of nitrogens with zero attached hydrogens (tertiary/aromatic N) is 3. The molecule has 1 rings (SSSR count). The monoisotopic (exact) mass is 257 g/mol. The van der Waals surface area contributed by atoms with E-state index >= 15 is 0 Å². The Kier molecular flexibility index (Phi) is 11.6. The molecule has 0 aromatic heterocycles. The van der Waals surface area contributed by atoms with Crippen LogP contribution in [-0.4, -0.2) is 28.6 Å². The summed E-state index contributed by atoms with van der Waals surface area (Å²) in [6, 6.07) is -0.377. The second-order valence-electron chi connectivity index (χ2n) is 4.45. The molecule has 1 atom stereocenters. The molecule has 1 aliphatic rings. The van der Waals surface area contributed by atoms with E-state index in [1.807, 2.05) is 20.3 Å². The minimum Gasteiger partial charge on any atom is -0.710 e. The van der Waals surface area contributed by atoms with E-state index in [9.17, 15) is 4.79 Å². The minimum absolute atomic E-state index is 0. The molecular weight excluding hydrogens is 237 g/mol. The molecule has 0 amide bonds. The van der Waals surface area contributed by atoms with Crippen LogP contribution in [0.1, 0.15) is 26.7 Å². The molecule has 0 spiro atoms. The van der Waals surface area contributed by atoms with Crippen molar-refractivity contribution in [1.82, 2.24) is 4.90 Å². The fraction of sp³-hybridized carbons (Fsp3) is 0.538. The van der Waals surface area contributed by atoms with Gasteiger partial charge in [0.05, 0.1) is 6.04 Å². The third-order valence-electron chi connectivity index (χ3n) is 2.40. The summed E-state index contributed by atoms with van der Waals surface area (Å²) in [4.78, 5) is 12.2. The van der Waals surface area contributed by atoms with E-state index in [-0.39, 0.29) is 24.9 Å². The van der Waals surface area contributed by atoms with Gasteiger partial charge in [0, 0.05) is 0 Å². The van der Waals surface area contributed by atoms with Crippen LogP contribution < -0.4 is 18.9 Å². The van der Waals surface area contributed by atoms with E-state index in [0.29, 0.717) is 31.0 Å². The predicted molar refractivity (Wildman–Crippen MR) is 70.3 cm³/mol. The van der Waals surface area contributed by atoms with Crippen molar-refractivity contribution >= 4 is 5.97 Å². The second-order valence-corrected chi connectivity index (χ2v) is 4.45. The average molecular weight is 257 g/mol. The van der Waals surface area contributed by atoms with Gasteiger partial charge in [0.2, 0.25) is 0 Å². The number of hydrogen-bond donors (Lipinski definition) is 1. The molecule has 0 saturated carbocycles. The van der Waals surface area contributed by atoms with Crippen LogP contribution in [0.15, 0.2) is 23.6 Å². The zero-order valence-electron chi connectivity index (χ0n) is 11.9. The van der Waals surface area contributed by atoms with Crippen LogP contribution in [-0.2, 0) is 4.79 Å². The van der Waals surface area contributed by atoms with E-state index in [0.717, 1.165) is 0 Å². The van der Waals surface area contributed by atoms with Crippen molar-refractivity contribution in [1.29, 1.82) is 0 Å². The Balaban J connectivity index is 0. The van der Waals surface area contributed by atoms with Gasteiger partial charge in [0.1, 0.15) is 0 Å². The summed E-state index contributed by atoms with van der Waals surface area (Å²) in [5.74, 6) is -0.306. The summed E-state index contributed by atoms with van der Waals surface area (Å²) in [6.07, 6.45) is 4.81. The summed E-state index contributed by atoms with van der Waals surface area (Å²) in [6.45, 7) is 13.4. The van der Waals surface area contributed by atoms with Crippen LogP contribution in [0.25, 0.3) is 5.53 Å². The molecule has 1 fully saturated rings.